The minimum Gasteiger partial charge on any atom is -0.495 e. The zero-order valence-electron chi connectivity index (χ0n) is 11.9. The fourth-order valence-electron chi connectivity index (χ4n) is 1.58. The van der Waals surface area contributed by atoms with Crippen molar-refractivity contribution in [1.82, 2.24) is 10.4 Å². The van der Waals surface area contributed by atoms with E-state index in [1.807, 2.05) is 18.2 Å². The number of amides is 1. The van der Waals surface area contributed by atoms with Crippen LogP contribution >= 0.6 is 23.4 Å². The molecular weight excluding hydrogens is 326 g/mol. The van der Waals surface area contributed by atoms with Gasteiger partial charge in [-0.2, -0.15) is 0 Å². The Labute approximate surface area is 137 Å². The van der Waals surface area contributed by atoms with Crippen molar-refractivity contribution in [2.45, 2.75) is 9.92 Å². The van der Waals surface area contributed by atoms with Crippen LogP contribution in [0.4, 0.5) is 10.5 Å². The summed E-state index contributed by atoms with van der Waals surface area (Å²) in [5.41, 5.74) is 5.61. The number of rotatable bonds is 5. The average Bonchev–Trinajstić information content (AvgIpc) is 2.55. The highest BCUT2D eigenvalue weighted by Gasteiger charge is 2.13. The molecular formula is C14H14ClN3O3S. The maximum atomic E-state index is 11.1. The number of hydrogen-bond donors (Lipinski definition) is 2. The van der Waals surface area contributed by atoms with Crippen LogP contribution in [0.1, 0.15) is 0 Å². The zero-order valence-corrected chi connectivity index (χ0v) is 13.5. The number of benzene rings is 1. The molecule has 0 radical (unpaired) electrons. The third-order valence-corrected chi connectivity index (χ3v) is 4.05. The molecule has 1 amide bonds. The van der Waals surface area contributed by atoms with Gasteiger partial charge in [0.2, 0.25) is 0 Å². The molecule has 0 unspecified atom stereocenters. The molecule has 1 aromatic heterocycles. The first-order valence-electron chi connectivity index (χ1n) is 6.20. The average molecular weight is 340 g/mol. The molecule has 2 rings (SSSR count). The maximum Gasteiger partial charge on any atom is 0.425 e. The summed E-state index contributed by atoms with van der Waals surface area (Å²) in [5, 5.41) is 1.28. The van der Waals surface area contributed by atoms with Crippen molar-refractivity contribution in [3.8, 4) is 5.75 Å². The molecule has 1 heterocycles. The highest BCUT2D eigenvalue weighted by atomic mass is 35.5. The standard InChI is InChI=1S/C14H14ClN3O3S/c1-20-11-8-9(17-18-14(19)21-2)7-10(15)13(11)22-12-5-3-4-6-16-12/h3-8,17H,1-2H3,(H,18,19). The maximum absolute atomic E-state index is 11.1. The minimum atomic E-state index is -0.609. The summed E-state index contributed by atoms with van der Waals surface area (Å²) in [5.74, 6) is 0.567. The van der Waals surface area contributed by atoms with Crippen LogP contribution in [0.15, 0.2) is 46.5 Å². The Morgan fingerprint density at radius 1 is 1.32 bits per heavy atom. The summed E-state index contributed by atoms with van der Waals surface area (Å²) >= 11 is 7.69. The number of nitrogens with zero attached hydrogens (tertiary/aromatic N) is 1. The van der Waals surface area contributed by atoms with E-state index >= 15 is 0 Å². The molecule has 0 fully saturated rings. The van der Waals surface area contributed by atoms with Gasteiger partial charge in [-0.25, -0.2) is 15.2 Å². The molecule has 0 bridgehead atoms. The van der Waals surface area contributed by atoms with E-state index in [9.17, 15) is 4.79 Å². The van der Waals surface area contributed by atoms with Gasteiger partial charge in [-0.15, -0.1) is 0 Å². The topological polar surface area (TPSA) is 72.5 Å². The molecule has 1 aromatic carbocycles. The Bertz CT molecular complexity index is 655. The summed E-state index contributed by atoms with van der Waals surface area (Å²) in [6, 6.07) is 9.00. The molecule has 0 aliphatic heterocycles. The van der Waals surface area contributed by atoms with E-state index in [1.165, 1.54) is 18.9 Å². The van der Waals surface area contributed by atoms with Crippen LogP contribution < -0.4 is 15.6 Å². The molecule has 0 saturated carbocycles. The Morgan fingerprint density at radius 2 is 2.14 bits per heavy atom. The molecule has 0 spiro atoms. The second-order valence-corrected chi connectivity index (χ2v) is 5.44. The second kappa shape index (κ2) is 7.77. The zero-order chi connectivity index (χ0) is 15.9. The van der Waals surface area contributed by atoms with Crippen LogP contribution in [0.25, 0.3) is 0 Å². The van der Waals surface area contributed by atoms with Gasteiger partial charge < -0.3 is 9.47 Å². The van der Waals surface area contributed by atoms with Crippen LogP contribution in [0.5, 0.6) is 5.75 Å². The number of carbonyl (C=O) groups excluding carboxylic acids is 1. The minimum absolute atomic E-state index is 0.476. The summed E-state index contributed by atoms with van der Waals surface area (Å²) < 4.78 is 9.83. The van der Waals surface area contributed by atoms with Crippen molar-refractivity contribution in [2.75, 3.05) is 19.6 Å². The Balaban J connectivity index is 2.22. The molecule has 8 heteroatoms. The first-order valence-corrected chi connectivity index (χ1v) is 7.40. The number of methoxy groups -OCH3 is 2. The number of hydrazine groups is 1. The highest BCUT2D eigenvalue weighted by molar-refractivity contribution is 7.99. The SMILES string of the molecule is COC(=O)NNc1cc(Cl)c(Sc2ccccn2)c(OC)c1. The van der Waals surface area contributed by atoms with E-state index in [1.54, 1.807) is 25.4 Å². The molecule has 2 N–H and O–H groups in total. The van der Waals surface area contributed by atoms with Gasteiger partial charge in [-0.05, 0) is 18.2 Å². The normalized spacial score (nSPS) is 9.95. The van der Waals surface area contributed by atoms with E-state index in [-0.39, 0.29) is 0 Å². The Kier molecular flexibility index (Phi) is 5.74. The van der Waals surface area contributed by atoms with Crippen LogP contribution in [0.2, 0.25) is 5.02 Å². The molecule has 116 valence electrons. The highest BCUT2D eigenvalue weighted by Crippen LogP contribution is 2.41. The molecule has 0 atom stereocenters. The van der Waals surface area contributed by atoms with Crippen LogP contribution in [-0.2, 0) is 4.74 Å². The number of carbonyl (C=O) groups is 1. The molecule has 22 heavy (non-hydrogen) atoms. The smallest absolute Gasteiger partial charge is 0.425 e. The third kappa shape index (κ3) is 4.19. The number of pyridine rings is 1. The number of hydrogen-bond acceptors (Lipinski definition) is 6. The summed E-state index contributed by atoms with van der Waals surface area (Å²) in [6.07, 6.45) is 1.10. The number of nitrogens with one attached hydrogen (secondary N) is 2. The number of ether oxygens (including phenoxy) is 2. The largest absolute Gasteiger partial charge is 0.495 e. The first kappa shape index (κ1) is 16.3. The van der Waals surface area contributed by atoms with Gasteiger partial charge in [0, 0.05) is 12.3 Å². The molecule has 6 nitrogen and oxygen atoms in total. The molecule has 2 aromatic rings. The summed E-state index contributed by atoms with van der Waals surface area (Å²) in [6.45, 7) is 0. The van der Waals surface area contributed by atoms with Crippen LogP contribution in [0.3, 0.4) is 0 Å². The monoisotopic (exact) mass is 339 g/mol. The van der Waals surface area contributed by atoms with E-state index < -0.39 is 6.09 Å². The van der Waals surface area contributed by atoms with E-state index in [2.05, 4.69) is 20.6 Å². The van der Waals surface area contributed by atoms with Crippen LogP contribution in [-0.4, -0.2) is 25.3 Å². The van der Waals surface area contributed by atoms with Gasteiger partial charge in [0.25, 0.3) is 0 Å². The first-order chi connectivity index (χ1) is 10.6. The number of halogens is 1. The van der Waals surface area contributed by atoms with Crippen molar-refractivity contribution in [2.24, 2.45) is 0 Å². The van der Waals surface area contributed by atoms with Gasteiger partial charge in [-0.3, -0.25) is 5.43 Å². The van der Waals surface area contributed by atoms with Crippen molar-refractivity contribution >= 4 is 35.1 Å². The fourth-order valence-corrected chi connectivity index (χ4v) is 2.77. The Hall–Kier alpha value is -2.12. The molecule has 0 aliphatic rings. The lowest BCUT2D eigenvalue weighted by Gasteiger charge is -2.13. The van der Waals surface area contributed by atoms with E-state index in [0.29, 0.717) is 16.5 Å². The molecule has 0 aliphatic carbocycles. The van der Waals surface area contributed by atoms with Crippen LogP contribution in [0, 0.1) is 0 Å². The Morgan fingerprint density at radius 3 is 2.77 bits per heavy atom. The summed E-state index contributed by atoms with van der Waals surface area (Å²) in [4.78, 5) is 16.0. The lowest BCUT2D eigenvalue weighted by Crippen LogP contribution is -2.28. The van der Waals surface area contributed by atoms with Crippen molar-refractivity contribution < 1.29 is 14.3 Å². The van der Waals surface area contributed by atoms with E-state index in [4.69, 9.17) is 16.3 Å². The quantitative estimate of drug-likeness (QED) is 0.811. The van der Waals surface area contributed by atoms with Crippen molar-refractivity contribution in [3.63, 3.8) is 0 Å². The number of anilines is 1. The van der Waals surface area contributed by atoms with Crippen molar-refractivity contribution in [1.29, 1.82) is 0 Å². The van der Waals surface area contributed by atoms with Crippen molar-refractivity contribution in [3.05, 3.63) is 41.6 Å². The summed E-state index contributed by atoms with van der Waals surface area (Å²) in [7, 11) is 2.82. The lowest BCUT2D eigenvalue weighted by molar-refractivity contribution is 0.173. The van der Waals surface area contributed by atoms with Gasteiger partial charge in [0.1, 0.15) is 10.8 Å². The lowest BCUT2D eigenvalue weighted by atomic mass is 10.3. The van der Waals surface area contributed by atoms with E-state index in [0.717, 1.165) is 9.92 Å². The molecule has 0 saturated heterocycles. The predicted molar refractivity (Wildman–Crippen MR) is 85.5 cm³/mol. The van der Waals surface area contributed by atoms with Gasteiger partial charge >= 0.3 is 6.09 Å². The van der Waals surface area contributed by atoms with Gasteiger partial charge in [-0.1, -0.05) is 29.4 Å². The fraction of sp³-hybridized carbons (Fsp3) is 0.143. The third-order valence-electron chi connectivity index (χ3n) is 2.57. The second-order valence-electron chi connectivity index (χ2n) is 4.00. The predicted octanol–water partition coefficient (Wildman–Crippen LogP) is 3.58. The number of aromatic nitrogens is 1. The van der Waals surface area contributed by atoms with Gasteiger partial charge in [0.05, 0.1) is 29.8 Å². The van der Waals surface area contributed by atoms with Gasteiger partial charge in [0.15, 0.2) is 0 Å².